The zero-order valence-electron chi connectivity index (χ0n) is 11.7. The van der Waals surface area contributed by atoms with Crippen molar-refractivity contribution < 1.29 is 14.1 Å². The van der Waals surface area contributed by atoms with E-state index in [-0.39, 0.29) is 5.56 Å². The van der Waals surface area contributed by atoms with Gasteiger partial charge >= 0.3 is 5.97 Å². The van der Waals surface area contributed by atoms with Gasteiger partial charge in [0.15, 0.2) is 0 Å². The minimum Gasteiger partial charge on any atom is -0.478 e. The molecule has 0 saturated carbocycles. The number of aromatic carboxylic acids is 1. The molecule has 0 amide bonds. The first-order valence-corrected chi connectivity index (χ1v) is 8.47. The number of halogens is 1. The predicted molar refractivity (Wildman–Crippen MR) is 87.1 cm³/mol. The fraction of sp³-hybridized carbons (Fsp3) is 0.188. The Morgan fingerprint density at radius 2 is 1.86 bits per heavy atom. The van der Waals surface area contributed by atoms with Gasteiger partial charge in [-0.2, -0.15) is 0 Å². The van der Waals surface area contributed by atoms with Crippen LogP contribution in [0.15, 0.2) is 45.8 Å². The zero-order valence-corrected chi connectivity index (χ0v) is 14.1. The molecule has 3 nitrogen and oxygen atoms in total. The van der Waals surface area contributed by atoms with Gasteiger partial charge in [0.25, 0.3) is 0 Å². The summed E-state index contributed by atoms with van der Waals surface area (Å²) in [6.45, 7) is 4.01. The number of benzene rings is 2. The van der Waals surface area contributed by atoms with Crippen LogP contribution in [0.25, 0.3) is 0 Å². The molecule has 1 atom stereocenters. The van der Waals surface area contributed by atoms with E-state index in [1.807, 2.05) is 32.0 Å². The second-order valence-corrected chi connectivity index (χ2v) is 7.15. The Balaban J connectivity index is 2.23. The van der Waals surface area contributed by atoms with Crippen molar-refractivity contribution in [1.29, 1.82) is 0 Å². The van der Waals surface area contributed by atoms with E-state index < -0.39 is 16.8 Å². The molecule has 0 saturated heterocycles. The molecule has 0 heterocycles. The predicted octanol–water partition coefficient (Wildman–Crippen LogP) is 4.07. The summed E-state index contributed by atoms with van der Waals surface area (Å²) in [4.78, 5) is 11.7. The molecule has 5 heteroatoms. The number of aryl methyl sites for hydroxylation is 2. The molecule has 2 aromatic carbocycles. The fourth-order valence-electron chi connectivity index (χ4n) is 1.88. The van der Waals surface area contributed by atoms with Crippen LogP contribution >= 0.6 is 15.9 Å². The van der Waals surface area contributed by atoms with Crippen molar-refractivity contribution in [2.24, 2.45) is 0 Å². The third-order valence-corrected chi connectivity index (χ3v) is 5.42. The summed E-state index contributed by atoms with van der Waals surface area (Å²) in [5, 5.41) is 8.94. The lowest BCUT2D eigenvalue weighted by Gasteiger charge is -2.08. The topological polar surface area (TPSA) is 54.4 Å². The Morgan fingerprint density at radius 3 is 2.43 bits per heavy atom. The average Bonchev–Trinajstić information content (AvgIpc) is 2.43. The van der Waals surface area contributed by atoms with Crippen molar-refractivity contribution in [2.75, 3.05) is 0 Å². The molecule has 0 aliphatic carbocycles. The minimum absolute atomic E-state index is 0.211. The van der Waals surface area contributed by atoms with Crippen molar-refractivity contribution in [3.8, 4) is 0 Å². The highest BCUT2D eigenvalue weighted by Crippen LogP contribution is 2.23. The zero-order chi connectivity index (χ0) is 15.6. The smallest absolute Gasteiger partial charge is 0.335 e. The van der Waals surface area contributed by atoms with E-state index in [1.54, 1.807) is 6.07 Å². The number of hydrogen-bond acceptors (Lipinski definition) is 2. The highest BCUT2D eigenvalue weighted by molar-refractivity contribution is 9.10. The van der Waals surface area contributed by atoms with E-state index in [4.69, 9.17) is 5.11 Å². The third-order valence-electron chi connectivity index (χ3n) is 3.33. The van der Waals surface area contributed by atoms with Gasteiger partial charge < -0.3 is 5.11 Å². The van der Waals surface area contributed by atoms with Gasteiger partial charge in [-0.05, 0) is 54.8 Å². The molecular weight excluding hydrogens is 352 g/mol. The molecule has 0 aromatic heterocycles. The Labute approximate surface area is 134 Å². The van der Waals surface area contributed by atoms with Crippen LogP contribution in [0.4, 0.5) is 0 Å². The Hall–Kier alpha value is -1.46. The van der Waals surface area contributed by atoms with Gasteiger partial charge in [0.05, 0.1) is 22.1 Å². The maximum atomic E-state index is 12.4. The molecule has 2 aromatic rings. The van der Waals surface area contributed by atoms with Gasteiger partial charge in [0.1, 0.15) is 0 Å². The minimum atomic E-state index is -1.16. The lowest BCUT2D eigenvalue weighted by atomic mass is 10.1. The molecule has 0 bridgehead atoms. The molecule has 0 spiro atoms. The molecule has 1 N–H and O–H groups in total. The second kappa shape index (κ2) is 6.54. The first kappa shape index (κ1) is 15.9. The van der Waals surface area contributed by atoms with Crippen LogP contribution in [-0.2, 0) is 16.6 Å². The van der Waals surface area contributed by atoms with E-state index in [2.05, 4.69) is 15.9 Å². The van der Waals surface area contributed by atoms with Crippen LogP contribution in [0, 0.1) is 13.8 Å². The maximum absolute atomic E-state index is 12.4. The molecule has 0 aliphatic rings. The summed E-state index contributed by atoms with van der Waals surface area (Å²) in [5.74, 6) is -0.624. The lowest BCUT2D eigenvalue weighted by molar-refractivity contribution is 0.0697. The molecule has 2 rings (SSSR count). The van der Waals surface area contributed by atoms with Crippen LogP contribution < -0.4 is 0 Å². The Kier molecular flexibility index (Phi) is 4.96. The van der Waals surface area contributed by atoms with E-state index in [0.29, 0.717) is 10.2 Å². The summed E-state index contributed by atoms with van der Waals surface area (Å²) in [6, 6.07) is 10.5. The number of carboxylic acids is 1. The lowest BCUT2D eigenvalue weighted by Crippen LogP contribution is -2.01. The average molecular weight is 367 g/mol. The molecular formula is C16H15BrO3S. The van der Waals surface area contributed by atoms with Crippen LogP contribution in [0.2, 0.25) is 0 Å². The molecule has 110 valence electrons. The quantitative estimate of drug-likeness (QED) is 0.886. The maximum Gasteiger partial charge on any atom is 0.335 e. The molecule has 0 radical (unpaired) electrons. The fourth-order valence-corrected chi connectivity index (χ4v) is 3.81. The van der Waals surface area contributed by atoms with Gasteiger partial charge in [-0.3, -0.25) is 4.21 Å². The van der Waals surface area contributed by atoms with Crippen molar-refractivity contribution in [1.82, 2.24) is 0 Å². The van der Waals surface area contributed by atoms with Crippen LogP contribution in [0.3, 0.4) is 0 Å². The van der Waals surface area contributed by atoms with Gasteiger partial charge in [0, 0.05) is 9.37 Å². The Morgan fingerprint density at radius 1 is 1.14 bits per heavy atom. The van der Waals surface area contributed by atoms with Crippen molar-refractivity contribution in [3.63, 3.8) is 0 Å². The summed E-state index contributed by atoms with van der Waals surface area (Å²) in [6.07, 6.45) is 0. The van der Waals surface area contributed by atoms with Gasteiger partial charge in [-0.25, -0.2) is 4.79 Å². The van der Waals surface area contributed by atoms with E-state index in [0.717, 1.165) is 16.0 Å². The second-order valence-electron chi connectivity index (χ2n) is 4.85. The van der Waals surface area contributed by atoms with Gasteiger partial charge in [-0.1, -0.05) is 28.1 Å². The summed E-state index contributed by atoms with van der Waals surface area (Å²) in [7, 11) is -1.16. The number of rotatable bonds is 4. The molecule has 0 aliphatic heterocycles. The van der Waals surface area contributed by atoms with Crippen LogP contribution in [0.5, 0.6) is 0 Å². The normalized spacial score (nSPS) is 12.1. The van der Waals surface area contributed by atoms with Crippen molar-refractivity contribution >= 4 is 32.7 Å². The standard InChI is InChI=1S/C16H15BrO3S/c1-10-3-6-14(7-11(10)2)21(20)9-13-5-4-12(16(18)19)8-15(13)17/h3-8H,9H2,1-2H3,(H,18,19). The highest BCUT2D eigenvalue weighted by Gasteiger charge is 2.11. The first-order chi connectivity index (χ1) is 9.88. The molecule has 0 fully saturated rings. The Bertz CT molecular complexity index is 725. The summed E-state index contributed by atoms with van der Waals surface area (Å²) in [5.41, 5.74) is 3.32. The van der Waals surface area contributed by atoms with Crippen LogP contribution in [0.1, 0.15) is 27.0 Å². The van der Waals surface area contributed by atoms with E-state index in [9.17, 15) is 9.00 Å². The van der Waals surface area contributed by atoms with Gasteiger partial charge in [0.2, 0.25) is 0 Å². The summed E-state index contributed by atoms with van der Waals surface area (Å²) < 4.78 is 13.1. The van der Waals surface area contributed by atoms with Crippen LogP contribution in [-0.4, -0.2) is 15.3 Å². The SMILES string of the molecule is Cc1ccc(S(=O)Cc2ccc(C(=O)O)cc2Br)cc1C. The molecule has 21 heavy (non-hydrogen) atoms. The monoisotopic (exact) mass is 366 g/mol. The van der Waals surface area contributed by atoms with Crippen molar-refractivity contribution in [2.45, 2.75) is 24.5 Å². The number of carboxylic acid groups (broad SMARTS) is 1. The highest BCUT2D eigenvalue weighted by atomic mass is 79.9. The number of hydrogen-bond donors (Lipinski definition) is 1. The van der Waals surface area contributed by atoms with Gasteiger partial charge in [-0.15, -0.1) is 0 Å². The molecule has 1 unspecified atom stereocenters. The number of carbonyl (C=O) groups is 1. The third kappa shape index (κ3) is 3.80. The largest absolute Gasteiger partial charge is 0.478 e. The van der Waals surface area contributed by atoms with Crippen molar-refractivity contribution in [3.05, 3.63) is 63.1 Å². The first-order valence-electron chi connectivity index (χ1n) is 6.36. The van der Waals surface area contributed by atoms with E-state index in [1.165, 1.54) is 17.7 Å². The summed E-state index contributed by atoms with van der Waals surface area (Å²) >= 11 is 3.34. The van der Waals surface area contributed by atoms with E-state index >= 15 is 0 Å².